The molecular weight excluding hydrogens is 672 g/mol. The maximum atomic E-state index is 12.4. The largest absolute Gasteiger partial charge is 0.493 e. The van der Waals surface area contributed by atoms with Gasteiger partial charge in [0.05, 0.1) is 33.0 Å². The number of benzene rings is 4. The van der Waals surface area contributed by atoms with E-state index in [4.69, 9.17) is 24.1 Å². The molecular formula is C43H50N2O8. The molecule has 10 nitrogen and oxygen atoms in total. The highest BCUT2D eigenvalue weighted by Crippen LogP contribution is 2.40. The van der Waals surface area contributed by atoms with Crippen molar-refractivity contribution in [1.29, 1.82) is 0 Å². The van der Waals surface area contributed by atoms with E-state index in [1.807, 2.05) is 48.5 Å². The van der Waals surface area contributed by atoms with Crippen molar-refractivity contribution in [3.05, 3.63) is 118 Å². The van der Waals surface area contributed by atoms with Crippen LogP contribution in [0, 0.1) is 0 Å². The summed E-state index contributed by atoms with van der Waals surface area (Å²) >= 11 is 0. The predicted molar refractivity (Wildman–Crippen MR) is 201 cm³/mol. The van der Waals surface area contributed by atoms with Crippen LogP contribution in [0.3, 0.4) is 0 Å². The average molecular weight is 723 g/mol. The van der Waals surface area contributed by atoms with Crippen molar-refractivity contribution in [2.45, 2.75) is 83.1 Å². The Morgan fingerprint density at radius 1 is 0.811 bits per heavy atom. The van der Waals surface area contributed by atoms with Gasteiger partial charge in [0.1, 0.15) is 0 Å². The first-order chi connectivity index (χ1) is 25.8. The third-order valence-corrected chi connectivity index (χ3v) is 10.1. The summed E-state index contributed by atoms with van der Waals surface area (Å²) in [5.41, 5.74) is 8.37. The minimum absolute atomic E-state index is 0.0101. The molecule has 4 aromatic rings. The lowest BCUT2D eigenvalue weighted by atomic mass is 9.96. The Hall–Kier alpha value is -4.74. The summed E-state index contributed by atoms with van der Waals surface area (Å²) in [6.07, 6.45) is 3.22. The van der Waals surface area contributed by atoms with Gasteiger partial charge in [-0.25, -0.2) is 0 Å². The van der Waals surface area contributed by atoms with Crippen LogP contribution < -0.4 is 14.8 Å². The van der Waals surface area contributed by atoms with E-state index in [0.29, 0.717) is 32.2 Å². The molecule has 0 saturated carbocycles. The molecule has 53 heavy (non-hydrogen) atoms. The minimum Gasteiger partial charge on any atom is -0.493 e. The third-order valence-electron chi connectivity index (χ3n) is 10.1. The summed E-state index contributed by atoms with van der Waals surface area (Å²) < 4.78 is 24.6. The van der Waals surface area contributed by atoms with Crippen molar-refractivity contribution >= 4 is 11.9 Å². The number of ether oxygens (including phenoxy) is 4. The number of amides is 1. The van der Waals surface area contributed by atoms with Crippen LogP contribution in [0.2, 0.25) is 0 Å². The Balaban J connectivity index is 1.15. The van der Waals surface area contributed by atoms with E-state index in [1.165, 1.54) is 11.1 Å². The van der Waals surface area contributed by atoms with Gasteiger partial charge in [-0.15, -0.1) is 0 Å². The number of nitrogens with one attached hydrogen (secondary N) is 1. The molecule has 1 amide bonds. The van der Waals surface area contributed by atoms with Crippen molar-refractivity contribution in [1.82, 2.24) is 10.2 Å². The monoisotopic (exact) mass is 722 g/mol. The molecule has 2 aliphatic rings. The highest BCUT2D eigenvalue weighted by Gasteiger charge is 2.34. The average Bonchev–Trinajstić information content (AvgIpc) is 3.19. The number of hydrogen-bond acceptors (Lipinski definition) is 8. The summed E-state index contributed by atoms with van der Waals surface area (Å²) in [4.78, 5) is 25.6. The summed E-state index contributed by atoms with van der Waals surface area (Å²) in [6, 6.07) is 28.5. The maximum Gasteiger partial charge on any atom is 0.303 e. The van der Waals surface area contributed by atoms with Gasteiger partial charge in [0, 0.05) is 51.0 Å². The Morgan fingerprint density at radius 3 is 2.26 bits per heavy atom. The molecule has 0 bridgehead atoms. The highest BCUT2D eigenvalue weighted by molar-refractivity contribution is 5.76. The summed E-state index contributed by atoms with van der Waals surface area (Å²) in [6.45, 7) is 2.84. The molecule has 0 unspecified atom stereocenters. The van der Waals surface area contributed by atoms with Crippen molar-refractivity contribution in [3.63, 3.8) is 0 Å². The van der Waals surface area contributed by atoms with E-state index >= 15 is 0 Å². The molecule has 1 saturated heterocycles. The zero-order chi connectivity index (χ0) is 37.2. The molecule has 3 atom stereocenters. The van der Waals surface area contributed by atoms with E-state index in [2.05, 4.69) is 46.6 Å². The Morgan fingerprint density at radius 2 is 1.53 bits per heavy atom. The molecule has 2 aliphatic heterocycles. The lowest BCUT2D eigenvalue weighted by Gasteiger charge is -2.39. The fourth-order valence-electron chi connectivity index (χ4n) is 7.17. The van der Waals surface area contributed by atoms with Crippen LogP contribution in [0.5, 0.6) is 11.5 Å². The standard InChI is InChI=1S/C43H50N2O8/c1-50-39-22-34-18-19-45(26-36(34)23-40(39)51-2)27-37-24-38(31-16-14-29(28-46)15-17-31)53-43(52-37)35-11-7-10-33(21-35)32-9-6-8-30(20-32)25-44-41(47)12-4-3-5-13-42(48)49/h6-11,14-17,20-23,37-38,43,46H,3-5,12-13,18-19,24-28H2,1-2H3,(H,44,47)(H,48,49)/t37-,38+,43+/m1/s1. The van der Waals surface area contributed by atoms with E-state index in [1.54, 1.807) is 14.2 Å². The molecule has 4 aromatic carbocycles. The van der Waals surface area contributed by atoms with Gasteiger partial charge >= 0.3 is 5.97 Å². The van der Waals surface area contributed by atoms with E-state index in [-0.39, 0.29) is 31.1 Å². The number of carboxylic acids is 1. The number of carbonyl (C=O) groups excluding carboxylic acids is 1. The quantitative estimate of drug-likeness (QED) is 0.104. The second-order valence-corrected chi connectivity index (χ2v) is 13.9. The number of hydrogen-bond donors (Lipinski definition) is 3. The fraction of sp³-hybridized carbons (Fsp3) is 0.395. The smallest absolute Gasteiger partial charge is 0.303 e. The minimum atomic E-state index is -0.805. The van der Waals surface area contributed by atoms with Crippen molar-refractivity contribution in [2.24, 2.45) is 0 Å². The Bertz CT molecular complexity index is 1840. The van der Waals surface area contributed by atoms with Gasteiger partial charge < -0.3 is 34.5 Å². The van der Waals surface area contributed by atoms with Crippen LogP contribution in [0.4, 0.5) is 0 Å². The number of methoxy groups -OCH3 is 2. The van der Waals surface area contributed by atoms with Crippen LogP contribution in [-0.2, 0) is 45.2 Å². The first kappa shape index (κ1) is 38.0. The van der Waals surface area contributed by atoms with Gasteiger partial charge in [-0.3, -0.25) is 14.5 Å². The number of aliphatic hydroxyl groups excluding tert-OH is 1. The normalized spacial score (nSPS) is 18.6. The number of unbranched alkanes of at least 4 members (excludes halogenated alkanes) is 2. The van der Waals surface area contributed by atoms with Crippen LogP contribution in [0.15, 0.2) is 84.9 Å². The molecule has 0 aliphatic carbocycles. The first-order valence-corrected chi connectivity index (χ1v) is 18.5. The van der Waals surface area contributed by atoms with Gasteiger partial charge in [-0.2, -0.15) is 0 Å². The van der Waals surface area contributed by atoms with Crippen molar-refractivity contribution in [3.8, 4) is 22.6 Å². The van der Waals surface area contributed by atoms with Gasteiger partial charge in [0.2, 0.25) is 5.91 Å². The molecule has 2 heterocycles. The van der Waals surface area contributed by atoms with Crippen LogP contribution >= 0.6 is 0 Å². The second kappa shape index (κ2) is 18.3. The highest BCUT2D eigenvalue weighted by atomic mass is 16.7. The number of carboxylic acid groups (broad SMARTS) is 1. The summed E-state index contributed by atoms with van der Waals surface area (Å²) in [7, 11) is 3.33. The molecule has 10 heteroatoms. The first-order valence-electron chi connectivity index (χ1n) is 18.5. The van der Waals surface area contributed by atoms with Gasteiger partial charge in [-0.1, -0.05) is 67.1 Å². The topological polar surface area (TPSA) is 127 Å². The van der Waals surface area contributed by atoms with Crippen molar-refractivity contribution in [2.75, 3.05) is 27.3 Å². The van der Waals surface area contributed by atoms with Crippen LogP contribution in [0.1, 0.15) is 84.3 Å². The zero-order valence-corrected chi connectivity index (χ0v) is 30.6. The fourth-order valence-corrected chi connectivity index (χ4v) is 7.17. The molecule has 280 valence electrons. The Labute approximate surface area is 311 Å². The third kappa shape index (κ3) is 10.2. The van der Waals surface area contributed by atoms with Gasteiger partial charge in [0.25, 0.3) is 0 Å². The lowest BCUT2D eigenvalue weighted by Crippen LogP contribution is -2.41. The number of nitrogens with zero attached hydrogens (tertiary/aromatic N) is 1. The summed E-state index contributed by atoms with van der Waals surface area (Å²) in [5.74, 6) is 0.646. The van der Waals surface area contributed by atoms with E-state index in [9.17, 15) is 14.7 Å². The Kier molecular flexibility index (Phi) is 13.1. The van der Waals surface area contributed by atoms with Crippen LogP contribution in [0.25, 0.3) is 11.1 Å². The number of aliphatic hydroxyl groups is 1. The molecule has 3 N–H and O–H groups in total. The predicted octanol–water partition coefficient (Wildman–Crippen LogP) is 7.12. The number of rotatable bonds is 16. The molecule has 1 fully saturated rings. The lowest BCUT2D eigenvalue weighted by molar-refractivity contribution is -0.253. The van der Waals surface area contributed by atoms with Crippen molar-refractivity contribution < 1.29 is 38.7 Å². The molecule has 0 radical (unpaired) electrons. The van der Waals surface area contributed by atoms with Gasteiger partial charge in [-0.05, 0) is 82.5 Å². The molecule has 0 spiro atoms. The number of aliphatic carboxylic acids is 1. The molecule has 0 aromatic heterocycles. The zero-order valence-electron chi connectivity index (χ0n) is 30.6. The second-order valence-electron chi connectivity index (χ2n) is 13.9. The van der Waals surface area contributed by atoms with Crippen LogP contribution in [-0.4, -0.2) is 60.4 Å². The maximum absolute atomic E-state index is 12.4. The van der Waals surface area contributed by atoms with E-state index < -0.39 is 12.3 Å². The number of carbonyl (C=O) groups is 2. The van der Waals surface area contributed by atoms with E-state index in [0.717, 1.165) is 77.4 Å². The number of fused-ring (bicyclic) bond motifs is 1. The molecule has 6 rings (SSSR count). The SMILES string of the molecule is COc1cc2c(cc1OC)CN(C[C@H]1C[C@@H](c3ccc(CO)cc3)O[C@@H](c3cccc(-c4cccc(CNC(=O)CCCCCC(=O)O)c4)c3)O1)CC2. The van der Waals surface area contributed by atoms with Gasteiger partial charge in [0.15, 0.2) is 17.8 Å². The summed E-state index contributed by atoms with van der Waals surface area (Å²) in [5, 5.41) is 21.4.